The van der Waals surface area contributed by atoms with Crippen molar-refractivity contribution in [1.29, 1.82) is 0 Å². The first kappa shape index (κ1) is 11.8. The molecule has 1 aromatic heterocycles. The van der Waals surface area contributed by atoms with E-state index in [2.05, 4.69) is 48.0 Å². The molecule has 0 bridgehead atoms. The van der Waals surface area contributed by atoms with Gasteiger partial charge in [0.1, 0.15) is 0 Å². The van der Waals surface area contributed by atoms with Crippen LogP contribution in [0.1, 0.15) is 44.6 Å². The Morgan fingerprint density at radius 1 is 1.12 bits per heavy atom. The minimum absolute atomic E-state index is 1.02. The highest BCUT2D eigenvalue weighted by Gasteiger charge is 1.93. The average Bonchev–Trinajstić information content (AvgIpc) is 2.81. The molecule has 0 amide bonds. The molecular weight excluding hydrogens is 206 g/mol. The van der Waals surface area contributed by atoms with Crippen molar-refractivity contribution >= 4 is 10.9 Å². The third-order valence-electron chi connectivity index (χ3n) is 2.94. The van der Waals surface area contributed by atoms with Crippen molar-refractivity contribution in [2.75, 3.05) is 0 Å². The monoisotopic (exact) mass is 225 g/mol. The number of aromatic amines is 1. The first-order chi connectivity index (χ1) is 8.40. The lowest BCUT2D eigenvalue weighted by Gasteiger charge is -1.93. The summed E-state index contributed by atoms with van der Waals surface area (Å²) in [6, 6.07) is 8.40. The summed E-state index contributed by atoms with van der Waals surface area (Å²) in [5.74, 6) is 6.50. The van der Waals surface area contributed by atoms with Crippen molar-refractivity contribution in [2.24, 2.45) is 0 Å². The SMILES string of the molecule is CCCCCCC#Cc1ccc2[nH]ccc2c1. The number of nitrogens with one attached hydrogen (secondary N) is 1. The molecule has 1 aromatic carbocycles. The molecule has 0 aliphatic rings. The van der Waals surface area contributed by atoms with Crippen molar-refractivity contribution in [1.82, 2.24) is 4.98 Å². The van der Waals surface area contributed by atoms with E-state index in [-0.39, 0.29) is 0 Å². The van der Waals surface area contributed by atoms with Crippen LogP contribution in [0.2, 0.25) is 0 Å². The molecule has 0 unspecified atom stereocenters. The second-order valence-electron chi connectivity index (χ2n) is 4.39. The van der Waals surface area contributed by atoms with Crippen LogP contribution in [0.3, 0.4) is 0 Å². The van der Waals surface area contributed by atoms with Gasteiger partial charge in [-0.15, -0.1) is 0 Å². The highest BCUT2D eigenvalue weighted by Crippen LogP contribution is 2.13. The number of rotatable bonds is 4. The average molecular weight is 225 g/mol. The van der Waals surface area contributed by atoms with Gasteiger partial charge in [-0.1, -0.05) is 38.0 Å². The zero-order valence-corrected chi connectivity index (χ0v) is 10.4. The summed E-state index contributed by atoms with van der Waals surface area (Å²) in [6.45, 7) is 2.23. The molecule has 0 atom stereocenters. The van der Waals surface area contributed by atoms with Crippen LogP contribution >= 0.6 is 0 Å². The van der Waals surface area contributed by atoms with E-state index in [1.54, 1.807) is 0 Å². The van der Waals surface area contributed by atoms with Crippen molar-refractivity contribution < 1.29 is 0 Å². The molecule has 0 aliphatic heterocycles. The molecule has 1 N–H and O–H groups in total. The van der Waals surface area contributed by atoms with Crippen LogP contribution in [0.5, 0.6) is 0 Å². The number of unbranched alkanes of at least 4 members (excludes halogenated alkanes) is 4. The van der Waals surface area contributed by atoms with Crippen LogP contribution in [0.4, 0.5) is 0 Å². The topological polar surface area (TPSA) is 15.8 Å². The van der Waals surface area contributed by atoms with E-state index in [1.807, 2.05) is 6.20 Å². The third-order valence-corrected chi connectivity index (χ3v) is 2.94. The molecule has 88 valence electrons. The molecule has 2 aromatic rings. The second kappa shape index (κ2) is 6.15. The van der Waals surface area contributed by atoms with Gasteiger partial charge in [-0.25, -0.2) is 0 Å². The Bertz CT molecular complexity index is 525. The highest BCUT2D eigenvalue weighted by molar-refractivity contribution is 5.80. The van der Waals surface area contributed by atoms with Crippen molar-refractivity contribution in [3.63, 3.8) is 0 Å². The Morgan fingerprint density at radius 2 is 2.06 bits per heavy atom. The Labute approximate surface area is 103 Å². The fourth-order valence-electron chi connectivity index (χ4n) is 1.94. The molecule has 0 spiro atoms. The molecule has 0 fully saturated rings. The summed E-state index contributed by atoms with van der Waals surface area (Å²) in [6.07, 6.45) is 8.14. The van der Waals surface area contributed by atoms with E-state index in [0.717, 1.165) is 12.0 Å². The maximum absolute atomic E-state index is 3.26. The molecule has 0 saturated carbocycles. The van der Waals surface area contributed by atoms with Crippen LogP contribution in [-0.2, 0) is 0 Å². The van der Waals surface area contributed by atoms with Gasteiger partial charge >= 0.3 is 0 Å². The molecular formula is C16H19N. The van der Waals surface area contributed by atoms with Crippen LogP contribution in [0, 0.1) is 11.8 Å². The van der Waals surface area contributed by atoms with Crippen LogP contribution in [0.25, 0.3) is 10.9 Å². The summed E-state index contributed by atoms with van der Waals surface area (Å²) in [7, 11) is 0. The van der Waals surface area contributed by atoms with E-state index in [4.69, 9.17) is 0 Å². The lowest BCUT2D eigenvalue weighted by Crippen LogP contribution is -1.76. The number of benzene rings is 1. The smallest absolute Gasteiger partial charge is 0.0454 e. The van der Waals surface area contributed by atoms with Gasteiger partial charge in [-0.3, -0.25) is 0 Å². The lowest BCUT2D eigenvalue weighted by molar-refractivity contribution is 0.679. The molecule has 2 rings (SSSR count). The molecule has 1 nitrogen and oxygen atoms in total. The molecule has 0 saturated heterocycles. The molecule has 0 aliphatic carbocycles. The predicted molar refractivity (Wildman–Crippen MR) is 73.9 cm³/mol. The zero-order valence-electron chi connectivity index (χ0n) is 10.4. The van der Waals surface area contributed by atoms with Crippen molar-refractivity contribution in [3.8, 4) is 11.8 Å². The minimum atomic E-state index is 1.02. The van der Waals surface area contributed by atoms with Gasteiger partial charge < -0.3 is 4.98 Å². The largest absolute Gasteiger partial charge is 0.361 e. The summed E-state index contributed by atoms with van der Waals surface area (Å²) in [5, 5.41) is 1.24. The van der Waals surface area contributed by atoms with Gasteiger partial charge in [-0.05, 0) is 30.7 Å². The second-order valence-corrected chi connectivity index (χ2v) is 4.39. The number of fused-ring (bicyclic) bond motifs is 1. The minimum Gasteiger partial charge on any atom is -0.361 e. The number of H-pyrrole nitrogens is 1. The van der Waals surface area contributed by atoms with E-state index in [0.29, 0.717) is 0 Å². The normalized spacial score (nSPS) is 10.2. The number of aromatic nitrogens is 1. The van der Waals surface area contributed by atoms with Gasteiger partial charge in [0.15, 0.2) is 0 Å². The highest BCUT2D eigenvalue weighted by atomic mass is 14.7. The molecule has 0 radical (unpaired) electrons. The maximum atomic E-state index is 3.26. The first-order valence-corrected chi connectivity index (χ1v) is 6.46. The molecule has 1 heteroatoms. The van der Waals surface area contributed by atoms with Gasteiger partial charge in [0, 0.05) is 29.1 Å². The Morgan fingerprint density at radius 3 is 2.94 bits per heavy atom. The van der Waals surface area contributed by atoms with Crippen LogP contribution in [-0.4, -0.2) is 4.98 Å². The van der Waals surface area contributed by atoms with Crippen molar-refractivity contribution in [3.05, 3.63) is 36.0 Å². The van der Waals surface area contributed by atoms with Gasteiger partial charge in [0.25, 0.3) is 0 Å². The van der Waals surface area contributed by atoms with Crippen LogP contribution in [0.15, 0.2) is 30.5 Å². The molecule has 1 heterocycles. The van der Waals surface area contributed by atoms with Crippen molar-refractivity contribution in [2.45, 2.75) is 39.0 Å². The standard InChI is InChI=1S/C16H19N/c1-2-3-4-5-6-7-8-14-9-10-16-15(13-14)11-12-17-16/h9-13,17H,2-6H2,1H3. The lowest BCUT2D eigenvalue weighted by atomic mass is 10.1. The van der Waals surface area contributed by atoms with Crippen LogP contribution < -0.4 is 0 Å². The van der Waals surface area contributed by atoms with E-state index in [1.165, 1.54) is 36.6 Å². The summed E-state index contributed by atoms with van der Waals surface area (Å²) in [4.78, 5) is 3.19. The van der Waals surface area contributed by atoms with Gasteiger partial charge in [-0.2, -0.15) is 0 Å². The fourth-order valence-corrected chi connectivity index (χ4v) is 1.94. The van der Waals surface area contributed by atoms with E-state index >= 15 is 0 Å². The number of hydrogen-bond donors (Lipinski definition) is 1. The maximum Gasteiger partial charge on any atom is 0.0454 e. The Hall–Kier alpha value is -1.68. The van der Waals surface area contributed by atoms with E-state index < -0.39 is 0 Å². The molecule has 17 heavy (non-hydrogen) atoms. The predicted octanol–water partition coefficient (Wildman–Crippen LogP) is 4.49. The fraction of sp³-hybridized carbons (Fsp3) is 0.375. The Kier molecular flexibility index (Phi) is 4.27. The van der Waals surface area contributed by atoms with Gasteiger partial charge in [0.2, 0.25) is 0 Å². The van der Waals surface area contributed by atoms with Gasteiger partial charge in [0.05, 0.1) is 0 Å². The summed E-state index contributed by atoms with van der Waals surface area (Å²) >= 11 is 0. The third kappa shape index (κ3) is 3.39. The first-order valence-electron chi connectivity index (χ1n) is 6.46. The number of hydrogen-bond acceptors (Lipinski definition) is 0. The summed E-state index contributed by atoms with van der Waals surface area (Å²) in [5.41, 5.74) is 2.30. The van der Waals surface area contributed by atoms with E-state index in [9.17, 15) is 0 Å². The summed E-state index contributed by atoms with van der Waals surface area (Å²) < 4.78 is 0. The zero-order chi connectivity index (χ0) is 11.9. The quantitative estimate of drug-likeness (QED) is 0.583. The Balaban J connectivity index is 1.91.